The molecule has 346 valence electrons. The summed E-state index contributed by atoms with van der Waals surface area (Å²) in [6.45, 7) is 4.05. The van der Waals surface area contributed by atoms with Crippen molar-refractivity contribution in [3.8, 4) is 84.1 Å². The molecule has 0 saturated heterocycles. The molecule has 0 aliphatic heterocycles. The van der Waals surface area contributed by atoms with Crippen molar-refractivity contribution >= 4 is 21.8 Å². The molecule has 0 bridgehead atoms. The van der Waals surface area contributed by atoms with Gasteiger partial charge >= 0.3 is 12.4 Å². The molecule has 0 amide bonds. The number of aryl methyl sites for hydroxylation is 2. The van der Waals surface area contributed by atoms with Crippen LogP contribution in [-0.4, -0.2) is 14.5 Å². The minimum Gasteiger partial charge on any atom is -0.308 e. The zero-order valence-corrected chi connectivity index (χ0v) is 38.3. The summed E-state index contributed by atoms with van der Waals surface area (Å²) >= 11 is 0. The van der Waals surface area contributed by atoms with E-state index in [1.807, 2.05) is 152 Å². The fourth-order valence-corrected chi connectivity index (χ4v) is 9.83. The second-order valence-corrected chi connectivity index (χ2v) is 17.6. The highest BCUT2D eigenvalue weighted by Crippen LogP contribution is 2.50. The zero-order valence-electron chi connectivity index (χ0n) is 38.3. The van der Waals surface area contributed by atoms with E-state index >= 15 is 26.3 Å². The summed E-state index contributed by atoms with van der Waals surface area (Å²) < 4.78 is 95.2. The average molecular weight is 942 g/mol. The summed E-state index contributed by atoms with van der Waals surface area (Å²) in [5.74, 6) is 0.330. The van der Waals surface area contributed by atoms with Crippen LogP contribution in [0.4, 0.5) is 26.3 Å². The molecule has 0 N–H and O–H groups in total. The molecule has 2 aromatic heterocycles. The van der Waals surface area contributed by atoms with Crippen molar-refractivity contribution in [1.29, 1.82) is 0 Å². The molecule has 3 nitrogen and oxygen atoms in total. The first kappa shape index (κ1) is 44.9. The van der Waals surface area contributed by atoms with Crippen LogP contribution in [0.25, 0.3) is 106 Å². The second kappa shape index (κ2) is 17.8. The van der Waals surface area contributed by atoms with Crippen LogP contribution in [0.1, 0.15) is 22.3 Å². The maximum absolute atomic E-state index is 15.6. The van der Waals surface area contributed by atoms with Crippen LogP contribution in [0.3, 0.4) is 0 Å². The monoisotopic (exact) mass is 941 g/mol. The van der Waals surface area contributed by atoms with E-state index in [1.54, 1.807) is 18.2 Å². The second-order valence-electron chi connectivity index (χ2n) is 17.6. The Morgan fingerprint density at radius 1 is 0.338 bits per heavy atom. The van der Waals surface area contributed by atoms with Gasteiger partial charge in [-0.2, -0.15) is 26.3 Å². The fraction of sp³-hybridized carbons (Fsp3) is 0.0645. The first-order valence-electron chi connectivity index (χ1n) is 23.0. The highest BCUT2D eigenvalue weighted by Gasteiger charge is 2.37. The summed E-state index contributed by atoms with van der Waals surface area (Å²) in [4.78, 5) is 9.97. The van der Waals surface area contributed by atoms with Crippen molar-refractivity contribution in [2.24, 2.45) is 0 Å². The third-order valence-corrected chi connectivity index (χ3v) is 13.2. The van der Waals surface area contributed by atoms with Gasteiger partial charge in [0.05, 0.1) is 39.2 Å². The summed E-state index contributed by atoms with van der Waals surface area (Å²) in [6, 6.07) is 62.0. The number of hydrogen-bond donors (Lipinski definition) is 0. The van der Waals surface area contributed by atoms with Gasteiger partial charge < -0.3 is 4.57 Å². The zero-order chi connectivity index (χ0) is 49.0. The SMILES string of the molecule is Cc1ccccc1-c1ccc2c(c1)c1cc(-c3ccccc3C)ccc1n2-c1c(-c2ccccc2C(F)(F)F)cc(-c2cc(-c3ccccc3)nc(-c3ccccc3)n2)cc1-c1ccccc1C(F)(F)F. The number of aromatic nitrogens is 3. The molecular formula is C62H41F6N3. The normalized spacial score (nSPS) is 11.9. The van der Waals surface area contributed by atoms with Gasteiger partial charge in [-0.3, -0.25) is 0 Å². The number of halogens is 6. The number of benzene rings is 9. The van der Waals surface area contributed by atoms with Crippen molar-refractivity contribution in [2.45, 2.75) is 26.2 Å². The fourth-order valence-electron chi connectivity index (χ4n) is 9.83. The lowest BCUT2D eigenvalue weighted by Gasteiger charge is -2.24. The Morgan fingerprint density at radius 3 is 1.18 bits per heavy atom. The summed E-state index contributed by atoms with van der Waals surface area (Å²) in [7, 11) is 0. The van der Waals surface area contributed by atoms with Crippen LogP contribution < -0.4 is 0 Å². The van der Waals surface area contributed by atoms with E-state index in [0.29, 0.717) is 33.8 Å². The Balaban J connectivity index is 1.32. The summed E-state index contributed by atoms with van der Waals surface area (Å²) in [6.07, 6.45) is -9.70. The molecule has 11 rings (SSSR count). The molecule has 0 unspecified atom stereocenters. The molecule has 0 spiro atoms. The number of fused-ring (bicyclic) bond motifs is 3. The van der Waals surface area contributed by atoms with Crippen molar-refractivity contribution in [1.82, 2.24) is 14.5 Å². The highest BCUT2D eigenvalue weighted by molar-refractivity contribution is 6.13. The van der Waals surface area contributed by atoms with E-state index in [9.17, 15) is 0 Å². The van der Waals surface area contributed by atoms with Crippen LogP contribution in [-0.2, 0) is 12.4 Å². The smallest absolute Gasteiger partial charge is 0.308 e. The van der Waals surface area contributed by atoms with Gasteiger partial charge in [-0.1, -0.05) is 158 Å². The minimum absolute atomic E-state index is 0.0493. The molecule has 9 heteroatoms. The quantitative estimate of drug-likeness (QED) is 0.142. The van der Waals surface area contributed by atoms with E-state index in [4.69, 9.17) is 9.97 Å². The van der Waals surface area contributed by atoms with Crippen molar-refractivity contribution in [2.75, 3.05) is 0 Å². The highest BCUT2D eigenvalue weighted by atomic mass is 19.4. The summed E-state index contributed by atoms with van der Waals surface area (Å²) in [5.41, 5.74) is 7.47. The molecule has 0 radical (unpaired) electrons. The number of hydrogen-bond acceptors (Lipinski definition) is 2. The van der Waals surface area contributed by atoms with Crippen LogP contribution in [0.5, 0.6) is 0 Å². The van der Waals surface area contributed by atoms with Crippen LogP contribution in [0, 0.1) is 13.8 Å². The Hall–Kier alpha value is -8.56. The van der Waals surface area contributed by atoms with E-state index in [-0.39, 0.29) is 33.5 Å². The van der Waals surface area contributed by atoms with Gasteiger partial charge in [0, 0.05) is 38.6 Å². The maximum Gasteiger partial charge on any atom is 0.417 e. The van der Waals surface area contributed by atoms with Gasteiger partial charge in [-0.05, 0) is 113 Å². The van der Waals surface area contributed by atoms with Crippen molar-refractivity contribution in [3.63, 3.8) is 0 Å². The first-order chi connectivity index (χ1) is 34.3. The molecule has 0 aliphatic rings. The predicted molar refractivity (Wildman–Crippen MR) is 274 cm³/mol. The van der Waals surface area contributed by atoms with Gasteiger partial charge in [-0.25, -0.2) is 9.97 Å². The molecule has 0 fully saturated rings. The van der Waals surface area contributed by atoms with Crippen molar-refractivity contribution in [3.05, 3.63) is 235 Å². The van der Waals surface area contributed by atoms with E-state index in [2.05, 4.69) is 12.1 Å². The Kier molecular flexibility index (Phi) is 11.2. The molecule has 2 heterocycles. The largest absolute Gasteiger partial charge is 0.417 e. The molecular weight excluding hydrogens is 901 g/mol. The lowest BCUT2D eigenvalue weighted by molar-refractivity contribution is -0.137. The van der Waals surface area contributed by atoms with Gasteiger partial charge in [0.2, 0.25) is 0 Å². The van der Waals surface area contributed by atoms with E-state index in [1.165, 1.54) is 36.4 Å². The van der Waals surface area contributed by atoms with Gasteiger partial charge in [0.15, 0.2) is 5.82 Å². The molecule has 11 aromatic rings. The van der Waals surface area contributed by atoms with Gasteiger partial charge in [0.25, 0.3) is 0 Å². The van der Waals surface area contributed by atoms with Gasteiger partial charge in [0.1, 0.15) is 0 Å². The molecule has 0 atom stereocenters. The lowest BCUT2D eigenvalue weighted by Crippen LogP contribution is -2.11. The average Bonchev–Trinajstić information content (AvgIpc) is 3.71. The Morgan fingerprint density at radius 2 is 0.732 bits per heavy atom. The number of alkyl halides is 6. The van der Waals surface area contributed by atoms with E-state index < -0.39 is 23.5 Å². The Labute approximate surface area is 406 Å². The molecule has 0 saturated carbocycles. The lowest BCUT2D eigenvalue weighted by atomic mass is 9.88. The van der Waals surface area contributed by atoms with E-state index in [0.717, 1.165) is 61.8 Å². The topological polar surface area (TPSA) is 30.7 Å². The van der Waals surface area contributed by atoms with Crippen LogP contribution in [0.2, 0.25) is 0 Å². The predicted octanol–water partition coefficient (Wildman–Crippen LogP) is 17.9. The van der Waals surface area contributed by atoms with Crippen molar-refractivity contribution < 1.29 is 26.3 Å². The van der Waals surface area contributed by atoms with Crippen LogP contribution in [0.15, 0.2) is 212 Å². The molecule has 71 heavy (non-hydrogen) atoms. The Bertz CT molecular complexity index is 3580. The summed E-state index contributed by atoms with van der Waals surface area (Å²) in [5, 5.41) is 1.53. The third-order valence-electron chi connectivity index (χ3n) is 13.2. The third kappa shape index (κ3) is 8.33. The standard InChI is InChI=1S/C62H41F6N3/c1-38-17-9-11-23-45(38)42-29-31-57-49(33-42)50-34-43(46-24-12-10-18-39(46)2)30-32-58(50)71(57)59-51(47-25-13-15-27-53(47)61(63,64)65)35-44(36-52(59)48-26-14-16-28-54(48)62(66,67)68)56-37-55(40-19-5-3-6-20-40)69-60(70-56)41-21-7-4-8-22-41/h3-37H,1-2H3. The first-order valence-corrected chi connectivity index (χ1v) is 23.0. The van der Waals surface area contributed by atoms with Gasteiger partial charge in [-0.15, -0.1) is 0 Å². The molecule has 0 aliphatic carbocycles. The minimum atomic E-state index is -4.85. The maximum atomic E-state index is 15.6. The van der Waals surface area contributed by atoms with Crippen LogP contribution >= 0.6 is 0 Å². The number of nitrogens with zero attached hydrogens (tertiary/aromatic N) is 3. The number of rotatable bonds is 8. The molecule has 9 aromatic carbocycles.